The maximum atomic E-state index is 5.18. The van der Waals surface area contributed by atoms with Crippen molar-refractivity contribution in [3.8, 4) is 5.88 Å². The minimum absolute atomic E-state index is 0.544. The van der Waals surface area contributed by atoms with Crippen LogP contribution in [0.2, 0.25) is 0 Å². The fourth-order valence-electron chi connectivity index (χ4n) is 1.74. The van der Waals surface area contributed by atoms with Gasteiger partial charge in [0.2, 0.25) is 11.8 Å². The van der Waals surface area contributed by atoms with E-state index in [0.717, 1.165) is 11.1 Å². The molecule has 0 unspecified atom stereocenters. The summed E-state index contributed by atoms with van der Waals surface area (Å²) < 4.78 is 10.2. The zero-order chi connectivity index (χ0) is 13.5. The first-order valence-electron chi connectivity index (χ1n) is 6.00. The summed E-state index contributed by atoms with van der Waals surface area (Å²) in [4.78, 5) is 8.35. The SMILES string of the molecule is COCc1ccccc1CNc1nccc(OC)n1. The molecule has 0 aliphatic heterocycles. The van der Waals surface area contributed by atoms with Crippen molar-refractivity contribution in [2.45, 2.75) is 13.2 Å². The van der Waals surface area contributed by atoms with Gasteiger partial charge in [-0.15, -0.1) is 0 Å². The van der Waals surface area contributed by atoms with Gasteiger partial charge in [0, 0.05) is 25.9 Å². The van der Waals surface area contributed by atoms with E-state index in [4.69, 9.17) is 9.47 Å². The molecule has 0 aliphatic carbocycles. The highest BCUT2D eigenvalue weighted by atomic mass is 16.5. The van der Waals surface area contributed by atoms with Gasteiger partial charge in [-0.3, -0.25) is 0 Å². The van der Waals surface area contributed by atoms with Crippen molar-refractivity contribution in [3.05, 3.63) is 47.7 Å². The Hall–Kier alpha value is -2.14. The number of nitrogens with zero attached hydrogens (tertiary/aromatic N) is 2. The Labute approximate surface area is 112 Å². The van der Waals surface area contributed by atoms with Gasteiger partial charge in [-0.1, -0.05) is 24.3 Å². The summed E-state index contributed by atoms with van der Waals surface area (Å²) in [5, 5.41) is 3.18. The van der Waals surface area contributed by atoms with Crippen molar-refractivity contribution in [1.82, 2.24) is 9.97 Å². The average molecular weight is 259 g/mol. The molecular formula is C14H17N3O2. The fraction of sp³-hybridized carbons (Fsp3) is 0.286. The zero-order valence-electron chi connectivity index (χ0n) is 11.1. The molecule has 1 heterocycles. The van der Waals surface area contributed by atoms with Gasteiger partial charge in [0.1, 0.15) is 0 Å². The first-order valence-corrected chi connectivity index (χ1v) is 6.00. The molecule has 0 spiro atoms. The van der Waals surface area contributed by atoms with Gasteiger partial charge in [-0.05, 0) is 11.1 Å². The molecule has 1 N–H and O–H groups in total. The van der Waals surface area contributed by atoms with Crippen LogP contribution in [-0.2, 0) is 17.9 Å². The van der Waals surface area contributed by atoms with E-state index in [2.05, 4.69) is 21.4 Å². The van der Waals surface area contributed by atoms with Gasteiger partial charge < -0.3 is 14.8 Å². The molecule has 2 rings (SSSR count). The maximum absolute atomic E-state index is 5.18. The number of hydrogen-bond donors (Lipinski definition) is 1. The number of ether oxygens (including phenoxy) is 2. The average Bonchev–Trinajstić information content (AvgIpc) is 2.47. The second-order valence-corrected chi connectivity index (χ2v) is 3.98. The molecule has 1 aromatic carbocycles. The number of nitrogens with one attached hydrogen (secondary N) is 1. The van der Waals surface area contributed by atoms with Gasteiger partial charge in [-0.2, -0.15) is 4.98 Å². The zero-order valence-corrected chi connectivity index (χ0v) is 11.1. The first-order chi connectivity index (χ1) is 9.33. The van der Waals surface area contributed by atoms with Crippen LogP contribution in [0, 0.1) is 0 Å². The third kappa shape index (κ3) is 3.66. The molecule has 0 fully saturated rings. The Morgan fingerprint density at radius 3 is 2.63 bits per heavy atom. The van der Waals surface area contributed by atoms with Crippen LogP contribution in [0.5, 0.6) is 5.88 Å². The minimum Gasteiger partial charge on any atom is -0.481 e. The molecule has 0 atom stereocenters. The standard InChI is InChI=1S/C14H17N3O2/c1-18-10-12-6-4-3-5-11(12)9-16-14-15-8-7-13(17-14)19-2/h3-8H,9-10H2,1-2H3,(H,15,16,17). The van der Waals surface area contributed by atoms with E-state index in [1.807, 2.05) is 18.2 Å². The van der Waals surface area contributed by atoms with E-state index in [9.17, 15) is 0 Å². The van der Waals surface area contributed by atoms with Gasteiger partial charge in [-0.25, -0.2) is 4.98 Å². The summed E-state index contributed by atoms with van der Waals surface area (Å²) >= 11 is 0. The van der Waals surface area contributed by atoms with Gasteiger partial charge in [0.15, 0.2) is 0 Å². The molecule has 5 heteroatoms. The van der Waals surface area contributed by atoms with Crippen LogP contribution < -0.4 is 10.1 Å². The van der Waals surface area contributed by atoms with Crippen LogP contribution in [-0.4, -0.2) is 24.2 Å². The van der Waals surface area contributed by atoms with Crippen LogP contribution in [0.3, 0.4) is 0 Å². The van der Waals surface area contributed by atoms with Crippen LogP contribution in [0.15, 0.2) is 36.5 Å². The van der Waals surface area contributed by atoms with Crippen molar-refractivity contribution >= 4 is 5.95 Å². The Morgan fingerprint density at radius 2 is 1.89 bits per heavy atom. The van der Waals surface area contributed by atoms with Crippen molar-refractivity contribution in [1.29, 1.82) is 0 Å². The fourth-order valence-corrected chi connectivity index (χ4v) is 1.74. The van der Waals surface area contributed by atoms with Crippen molar-refractivity contribution in [2.24, 2.45) is 0 Å². The topological polar surface area (TPSA) is 56.3 Å². The molecule has 0 radical (unpaired) electrons. The van der Waals surface area contributed by atoms with Gasteiger partial charge >= 0.3 is 0 Å². The molecule has 1 aromatic heterocycles. The van der Waals surface area contributed by atoms with Crippen LogP contribution in [0.4, 0.5) is 5.95 Å². The molecular weight excluding hydrogens is 242 g/mol. The lowest BCUT2D eigenvalue weighted by Crippen LogP contribution is -2.06. The number of anilines is 1. The van der Waals surface area contributed by atoms with Crippen LogP contribution in [0.25, 0.3) is 0 Å². The molecule has 19 heavy (non-hydrogen) atoms. The Balaban J connectivity index is 2.05. The second kappa shape index (κ2) is 6.70. The van der Waals surface area contributed by atoms with Crippen LogP contribution in [0.1, 0.15) is 11.1 Å². The molecule has 5 nitrogen and oxygen atoms in total. The van der Waals surface area contributed by atoms with Crippen molar-refractivity contribution < 1.29 is 9.47 Å². The normalized spacial score (nSPS) is 10.2. The molecule has 0 saturated carbocycles. The number of hydrogen-bond acceptors (Lipinski definition) is 5. The lowest BCUT2D eigenvalue weighted by molar-refractivity contribution is 0.184. The monoisotopic (exact) mass is 259 g/mol. The van der Waals surface area contributed by atoms with Crippen molar-refractivity contribution in [2.75, 3.05) is 19.5 Å². The number of aromatic nitrogens is 2. The summed E-state index contributed by atoms with van der Waals surface area (Å²) in [5.41, 5.74) is 2.32. The molecule has 0 saturated heterocycles. The summed E-state index contributed by atoms with van der Waals surface area (Å²) in [6.07, 6.45) is 1.66. The predicted octanol–water partition coefficient (Wildman–Crippen LogP) is 2.24. The highest BCUT2D eigenvalue weighted by Crippen LogP contribution is 2.13. The van der Waals surface area contributed by atoms with E-state index in [0.29, 0.717) is 25.0 Å². The molecule has 100 valence electrons. The maximum Gasteiger partial charge on any atom is 0.226 e. The summed E-state index contributed by atoms with van der Waals surface area (Å²) in [6.45, 7) is 1.24. The summed E-state index contributed by atoms with van der Waals surface area (Å²) in [7, 11) is 3.27. The van der Waals surface area contributed by atoms with E-state index >= 15 is 0 Å². The first kappa shape index (κ1) is 13.3. The molecule has 0 amide bonds. The summed E-state index contributed by atoms with van der Waals surface area (Å²) in [5.74, 6) is 1.09. The lowest BCUT2D eigenvalue weighted by atomic mass is 10.1. The van der Waals surface area contributed by atoms with Crippen LogP contribution >= 0.6 is 0 Å². The van der Waals surface area contributed by atoms with E-state index in [1.54, 1.807) is 26.5 Å². The van der Waals surface area contributed by atoms with Gasteiger partial charge in [0.25, 0.3) is 0 Å². The quantitative estimate of drug-likeness (QED) is 0.862. The third-order valence-electron chi connectivity index (χ3n) is 2.69. The number of benzene rings is 1. The lowest BCUT2D eigenvalue weighted by Gasteiger charge is -2.10. The Bertz CT molecular complexity index is 532. The summed E-state index contributed by atoms with van der Waals surface area (Å²) in [6, 6.07) is 9.82. The minimum atomic E-state index is 0.544. The largest absolute Gasteiger partial charge is 0.481 e. The molecule has 2 aromatic rings. The Morgan fingerprint density at radius 1 is 1.11 bits per heavy atom. The van der Waals surface area contributed by atoms with Crippen molar-refractivity contribution in [3.63, 3.8) is 0 Å². The Kier molecular flexibility index (Phi) is 4.69. The second-order valence-electron chi connectivity index (χ2n) is 3.98. The highest BCUT2D eigenvalue weighted by Gasteiger charge is 2.03. The van der Waals surface area contributed by atoms with E-state index in [1.165, 1.54) is 0 Å². The van der Waals surface area contributed by atoms with Gasteiger partial charge in [0.05, 0.1) is 13.7 Å². The number of methoxy groups -OCH3 is 2. The molecule has 0 aliphatic rings. The van der Waals surface area contributed by atoms with E-state index < -0.39 is 0 Å². The number of rotatable bonds is 6. The van der Waals surface area contributed by atoms with E-state index in [-0.39, 0.29) is 0 Å². The third-order valence-corrected chi connectivity index (χ3v) is 2.69. The molecule has 0 bridgehead atoms. The smallest absolute Gasteiger partial charge is 0.226 e. The highest BCUT2D eigenvalue weighted by molar-refractivity contribution is 5.33. The predicted molar refractivity (Wildman–Crippen MR) is 73.1 cm³/mol.